The van der Waals surface area contributed by atoms with Gasteiger partial charge in [0, 0.05) is 20.1 Å². The van der Waals surface area contributed by atoms with Crippen molar-refractivity contribution in [3.05, 3.63) is 0 Å². The van der Waals surface area contributed by atoms with Gasteiger partial charge in [-0.25, -0.2) is 0 Å². The third-order valence-corrected chi connectivity index (χ3v) is 3.82. The molecule has 1 aliphatic rings. The Morgan fingerprint density at radius 3 is 2.55 bits per heavy atom. The molecule has 1 heterocycles. The standard InChI is InChI=1S/C15H29NO4/c1-3-5-15(6-8-16-9-7-15)14(17)20-11-4-10-19-13-12-18-2/h16H,3-13H2,1-2H3. The number of rotatable bonds is 10. The smallest absolute Gasteiger partial charge is 0.312 e. The van der Waals surface area contributed by atoms with Crippen molar-refractivity contribution in [2.45, 2.75) is 39.0 Å². The van der Waals surface area contributed by atoms with Gasteiger partial charge in [0.15, 0.2) is 0 Å². The fraction of sp³-hybridized carbons (Fsp3) is 0.933. The van der Waals surface area contributed by atoms with Crippen molar-refractivity contribution >= 4 is 5.97 Å². The van der Waals surface area contributed by atoms with Crippen molar-refractivity contribution in [3.63, 3.8) is 0 Å². The normalized spacial score (nSPS) is 17.9. The molecule has 5 nitrogen and oxygen atoms in total. The highest BCUT2D eigenvalue weighted by atomic mass is 16.5. The van der Waals surface area contributed by atoms with E-state index in [1.807, 2.05) is 0 Å². The maximum absolute atomic E-state index is 12.3. The highest BCUT2D eigenvalue weighted by Crippen LogP contribution is 2.35. The van der Waals surface area contributed by atoms with Gasteiger partial charge in [-0.05, 0) is 32.4 Å². The minimum atomic E-state index is -0.253. The zero-order chi connectivity index (χ0) is 14.7. The summed E-state index contributed by atoms with van der Waals surface area (Å²) in [6.45, 7) is 6.21. The van der Waals surface area contributed by atoms with Gasteiger partial charge >= 0.3 is 5.97 Å². The summed E-state index contributed by atoms with van der Waals surface area (Å²) in [4.78, 5) is 12.3. The van der Waals surface area contributed by atoms with Crippen LogP contribution >= 0.6 is 0 Å². The lowest BCUT2D eigenvalue weighted by Crippen LogP contribution is -2.43. The van der Waals surface area contributed by atoms with E-state index in [-0.39, 0.29) is 11.4 Å². The predicted molar refractivity (Wildman–Crippen MR) is 77.7 cm³/mol. The molecule has 0 amide bonds. The van der Waals surface area contributed by atoms with E-state index in [0.717, 1.165) is 45.2 Å². The summed E-state index contributed by atoms with van der Waals surface area (Å²) in [5, 5.41) is 3.31. The van der Waals surface area contributed by atoms with Gasteiger partial charge in [0.2, 0.25) is 0 Å². The first-order valence-electron chi connectivity index (χ1n) is 7.70. The zero-order valence-electron chi connectivity index (χ0n) is 12.9. The first-order valence-corrected chi connectivity index (χ1v) is 7.70. The molecule has 1 saturated heterocycles. The maximum Gasteiger partial charge on any atom is 0.312 e. The number of carbonyl (C=O) groups excluding carboxylic acids is 1. The zero-order valence-corrected chi connectivity index (χ0v) is 12.9. The predicted octanol–water partition coefficient (Wildman–Crippen LogP) is 1.75. The molecule has 0 spiro atoms. The number of ether oxygens (including phenoxy) is 3. The average molecular weight is 287 g/mol. The summed E-state index contributed by atoms with van der Waals surface area (Å²) >= 11 is 0. The van der Waals surface area contributed by atoms with Gasteiger partial charge < -0.3 is 19.5 Å². The summed E-state index contributed by atoms with van der Waals surface area (Å²) in [6, 6.07) is 0. The molecule has 0 radical (unpaired) electrons. The van der Waals surface area contributed by atoms with E-state index >= 15 is 0 Å². The van der Waals surface area contributed by atoms with Gasteiger partial charge in [-0.1, -0.05) is 13.3 Å². The van der Waals surface area contributed by atoms with Gasteiger partial charge in [0.05, 0.1) is 25.2 Å². The molecule has 5 heteroatoms. The van der Waals surface area contributed by atoms with E-state index in [9.17, 15) is 4.79 Å². The molecule has 0 atom stereocenters. The van der Waals surface area contributed by atoms with E-state index < -0.39 is 0 Å². The van der Waals surface area contributed by atoms with Gasteiger partial charge in [-0.2, -0.15) is 0 Å². The first kappa shape index (κ1) is 17.4. The quantitative estimate of drug-likeness (QED) is 0.490. The average Bonchev–Trinajstić information content (AvgIpc) is 2.47. The molecule has 0 aromatic rings. The Labute approximate surface area is 122 Å². The summed E-state index contributed by atoms with van der Waals surface area (Å²) in [7, 11) is 1.65. The molecule has 0 bridgehead atoms. The molecular formula is C15H29NO4. The number of hydrogen-bond acceptors (Lipinski definition) is 5. The van der Waals surface area contributed by atoms with Crippen molar-refractivity contribution in [2.75, 3.05) is 46.6 Å². The summed E-state index contributed by atoms with van der Waals surface area (Å²) in [6.07, 6.45) is 4.48. The van der Waals surface area contributed by atoms with Crippen LogP contribution in [0.1, 0.15) is 39.0 Å². The van der Waals surface area contributed by atoms with Crippen LogP contribution in [0.2, 0.25) is 0 Å². The molecule has 0 saturated carbocycles. The third-order valence-electron chi connectivity index (χ3n) is 3.82. The van der Waals surface area contributed by atoms with Crippen molar-refractivity contribution in [3.8, 4) is 0 Å². The SMILES string of the molecule is CCCC1(C(=O)OCCCOCCOC)CCNCC1. The molecule has 1 N–H and O–H groups in total. The van der Waals surface area contributed by atoms with E-state index in [1.165, 1.54) is 0 Å². The maximum atomic E-state index is 12.3. The summed E-state index contributed by atoms with van der Waals surface area (Å²) in [5.74, 6) is -0.0160. The Balaban J connectivity index is 2.21. The van der Waals surface area contributed by atoms with Crippen LogP contribution in [0, 0.1) is 5.41 Å². The Morgan fingerprint density at radius 2 is 1.90 bits per heavy atom. The van der Waals surface area contributed by atoms with Gasteiger partial charge in [-0.3, -0.25) is 4.79 Å². The number of nitrogens with one attached hydrogen (secondary N) is 1. The topological polar surface area (TPSA) is 56.8 Å². The molecule has 20 heavy (non-hydrogen) atoms. The number of esters is 1. The fourth-order valence-corrected chi connectivity index (χ4v) is 2.66. The van der Waals surface area contributed by atoms with Gasteiger partial charge in [0.25, 0.3) is 0 Å². The van der Waals surface area contributed by atoms with Crippen molar-refractivity contribution in [1.82, 2.24) is 5.32 Å². The van der Waals surface area contributed by atoms with E-state index in [2.05, 4.69) is 12.2 Å². The van der Waals surface area contributed by atoms with Crippen LogP contribution in [0.25, 0.3) is 0 Å². The molecule has 0 aromatic carbocycles. The largest absolute Gasteiger partial charge is 0.465 e. The van der Waals surface area contributed by atoms with Crippen LogP contribution in [-0.4, -0.2) is 52.6 Å². The van der Waals surface area contributed by atoms with Crippen molar-refractivity contribution in [1.29, 1.82) is 0 Å². The first-order chi connectivity index (χ1) is 9.75. The molecule has 0 aliphatic carbocycles. The Kier molecular flexibility index (Phi) is 8.82. The van der Waals surface area contributed by atoms with Crippen LogP contribution in [0.5, 0.6) is 0 Å². The minimum absolute atomic E-state index is 0.0160. The van der Waals surface area contributed by atoms with Crippen LogP contribution < -0.4 is 5.32 Å². The number of piperidine rings is 1. The second kappa shape index (κ2) is 10.1. The number of hydrogen-bond donors (Lipinski definition) is 1. The molecule has 118 valence electrons. The van der Waals surface area contributed by atoms with Gasteiger partial charge in [0.1, 0.15) is 0 Å². The molecule has 1 rings (SSSR count). The van der Waals surface area contributed by atoms with Crippen molar-refractivity contribution in [2.24, 2.45) is 5.41 Å². The summed E-state index contributed by atoms with van der Waals surface area (Å²) in [5.41, 5.74) is -0.253. The molecule has 0 unspecified atom stereocenters. The molecule has 0 aromatic heterocycles. The van der Waals surface area contributed by atoms with Crippen LogP contribution in [-0.2, 0) is 19.0 Å². The van der Waals surface area contributed by atoms with Crippen LogP contribution in [0.3, 0.4) is 0 Å². The van der Waals surface area contributed by atoms with Crippen molar-refractivity contribution < 1.29 is 19.0 Å². The van der Waals surface area contributed by atoms with Crippen LogP contribution in [0.15, 0.2) is 0 Å². The lowest BCUT2D eigenvalue weighted by molar-refractivity contribution is -0.158. The van der Waals surface area contributed by atoms with E-state index in [0.29, 0.717) is 26.4 Å². The van der Waals surface area contributed by atoms with Gasteiger partial charge in [-0.15, -0.1) is 0 Å². The minimum Gasteiger partial charge on any atom is -0.465 e. The lowest BCUT2D eigenvalue weighted by Gasteiger charge is -2.35. The van der Waals surface area contributed by atoms with Crippen LogP contribution in [0.4, 0.5) is 0 Å². The highest BCUT2D eigenvalue weighted by Gasteiger charge is 2.39. The monoisotopic (exact) mass is 287 g/mol. The Hall–Kier alpha value is -0.650. The third kappa shape index (κ3) is 5.77. The molecule has 1 aliphatic heterocycles. The number of carbonyl (C=O) groups is 1. The van der Waals surface area contributed by atoms with E-state index in [1.54, 1.807) is 7.11 Å². The second-order valence-corrected chi connectivity index (χ2v) is 5.37. The fourth-order valence-electron chi connectivity index (χ4n) is 2.66. The molecular weight excluding hydrogens is 258 g/mol. The summed E-state index contributed by atoms with van der Waals surface area (Å²) < 4.78 is 15.7. The number of methoxy groups -OCH3 is 1. The molecule has 1 fully saturated rings. The highest BCUT2D eigenvalue weighted by molar-refractivity contribution is 5.77. The lowest BCUT2D eigenvalue weighted by atomic mass is 9.75. The Bertz CT molecular complexity index is 259. The second-order valence-electron chi connectivity index (χ2n) is 5.37. The Morgan fingerprint density at radius 1 is 1.15 bits per heavy atom. The van der Waals surface area contributed by atoms with E-state index in [4.69, 9.17) is 14.2 Å².